The Morgan fingerprint density at radius 2 is 2.11 bits per heavy atom. The summed E-state index contributed by atoms with van der Waals surface area (Å²) in [5, 5.41) is 19.9. The number of hydrogen-bond donors (Lipinski definition) is 1. The van der Waals surface area contributed by atoms with Crippen LogP contribution in [0.4, 0.5) is 0 Å². The number of piperidine rings is 1. The Morgan fingerprint density at radius 3 is 2.74 bits per heavy atom. The van der Waals surface area contributed by atoms with Gasteiger partial charge in [-0.1, -0.05) is 0 Å². The predicted molar refractivity (Wildman–Crippen MR) is 68.2 cm³/mol. The van der Waals surface area contributed by atoms with Crippen molar-refractivity contribution in [1.82, 2.24) is 9.88 Å². The normalized spacial score (nSPS) is 34.8. The van der Waals surface area contributed by atoms with Gasteiger partial charge in [0.15, 0.2) is 0 Å². The molecule has 3 rings (SSSR count). The average molecular weight is 259 g/mol. The second kappa shape index (κ2) is 4.57. The lowest BCUT2D eigenvalue weighted by Crippen LogP contribution is -2.59. The molecule has 0 saturated carbocycles. The molecular weight excluding hydrogens is 242 g/mol. The minimum Gasteiger partial charge on any atom is -0.385 e. The van der Waals surface area contributed by atoms with Gasteiger partial charge in [-0.2, -0.15) is 5.26 Å². The van der Waals surface area contributed by atoms with Crippen molar-refractivity contribution < 1.29 is 9.84 Å². The Morgan fingerprint density at radius 1 is 1.42 bits per heavy atom. The molecule has 3 heterocycles. The summed E-state index contributed by atoms with van der Waals surface area (Å²) in [5.74, 6) is 0. The van der Waals surface area contributed by atoms with E-state index in [9.17, 15) is 5.11 Å². The van der Waals surface area contributed by atoms with Crippen LogP contribution in [0.15, 0.2) is 18.5 Å². The molecular formula is C14H17N3O2. The second-order valence-electron chi connectivity index (χ2n) is 5.52. The highest BCUT2D eigenvalue weighted by Gasteiger charge is 2.45. The summed E-state index contributed by atoms with van der Waals surface area (Å²) in [6, 6.07) is 4.27. The van der Waals surface area contributed by atoms with Crippen molar-refractivity contribution in [3.63, 3.8) is 0 Å². The summed E-state index contributed by atoms with van der Waals surface area (Å²) in [5.41, 5.74) is 0.341. The molecule has 0 amide bonds. The van der Waals surface area contributed by atoms with Gasteiger partial charge in [0, 0.05) is 30.0 Å². The maximum absolute atomic E-state index is 11.0. The van der Waals surface area contributed by atoms with E-state index in [2.05, 4.69) is 23.0 Å². The minimum absolute atomic E-state index is 0.225. The maximum Gasteiger partial charge on any atom is 0.101 e. The van der Waals surface area contributed by atoms with Crippen LogP contribution in [0, 0.1) is 11.3 Å². The Labute approximate surface area is 112 Å². The fourth-order valence-electron chi connectivity index (χ4n) is 3.13. The third-order valence-corrected chi connectivity index (χ3v) is 4.32. The van der Waals surface area contributed by atoms with Crippen LogP contribution in [0.5, 0.6) is 0 Å². The van der Waals surface area contributed by atoms with E-state index in [1.807, 2.05) is 0 Å². The van der Waals surface area contributed by atoms with E-state index in [0.29, 0.717) is 31.6 Å². The van der Waals surface area contributed by atoms with Gasteiger partial charge in [-0.15, -0.1) is 0 Å². The van der Waals surface area contributed by atoms with Crippen molar-refractivity contribution in [3.05, 3.63) is 29.6 Å². The number of aromatic nitrogens is 1. The van der Waals surface area contributed by atoms with Crippen LogP contribution < -0.4 is 0 Å². The molecule has 0 aromatic carbocycles. The number of aliphatic hydroxyl groups is 1. The third kappa shape index (κ3) is 2.12. The van der Waals surface area contributed by atoms with E-state index in [4.69, 9.17) is 10.00 Å². The van der Waals surface area contributed by atoms with Gasteiger partial charge in [0.1, 0.15) is 6.07 Å². The first-order valence-corrected chi connectivity index (χ1v) is 6.50. The van der Waals surface area contributed by atoms with Crippen LogP contribution >= 0.6 is 0 Å². The number of nitrogens with zero attached hydrogens (tertiary/aromatic N) is 3. The van der Waals surface area contributed by atoms with Crippen LogP contribution in [0.25, 0.3) is 0 Å². The van der Waals surface area contributed by atoms with Crippen LogP contribution in [-0.4, -0.2) is 47.3 Å². The van der Waals surface area contributed by atoms with E-state index in [-0.39, 0.29) is 12.1 Å². The summed E-state index contributed by atoms with van der Waals surface area (Å²) in [6.45, 7) is 1.31. The SMILES string of the molecule is CN1C2COCC1CC(O)(c1cncc(C#N)c1)C2. The minimum atomic E-state index is -0.897. The molecule has 1 aromatic heterocycles. The van der Waals surface area contributed by atoms with Crippen LogP contribution in [-0.2, 0) is 10.3 Å². The van der Waals surface area contributed by atoms with E-state index >= 15 is 0 Å². The zero-order chi connectivity index (χ0) is 13.5. The van der Waals surface area contributed by atoms with Crippen molar-refractivity contribution in [2.45, 2.75) is 30.5 Å². The molecule has 1 N–H and O–H groups in total. The van der Waals surface area contributed by atoms with Crippen molar-refractivity contribution in [1.29, 1.82) is 5.26 Å². The molecule has 100 valence electrons. The lowest BCUT2D eigenvalue weighted by atomic mass is 9.77. The first-order chi connectivity index (χ1) is 9.12. The predicted octanol–water partition coefficient (Wildman–Crippen LogP) is 0.634. The standard InChI is InChI=1S/C14H17N3O2/c1-17-12-3-14(18,4-13(17)9-19-8-12)11-2-10(5-15)6-16-7-11/h2,6-7,12-13,18H,3-4,8-9H2,1H3. The van der Waals surface area contributed by atoms with Crippen molar-refractivity contribution in [2.75, 3.05) is 20.3 Å². The molecule has 2 aliphatic heterocycles. The summed E-state index contributed by atoms with van der Waals surface area (Å²) >= 11 is 0. The summed E-state index contributed by atoms with van der Waals surface area (Å²) in [7, 11) is 2.08. The van der Waals surface area contributed by atoms with Crippen LogP contribution in [0.2, 0.25) is 0 Å². The smallest absolute Gasteiger partial charge is 0.101 e. The van der Waals surface area contributed by atoms with E-state index < -0.39 is 5.60 Å². The van der Waals surface area contributed by atoms with Crippen molar-refractivity contribution in [2.24, 2.45) is 0 Å². The number of fused-ring (bicyclic) bond motifs is 2. The lowest BCUT2D eigenvalue weighted by Gasteiger charge is -2.50. The van der Waals surface area contributed by atoms with Gasteiger partial charge in [0.25, 0.3) is 0 Å². The number of rotatable bonds is 1. The summed E-state index contributed by atoms with van der Waals surface area (Å²) < 4.78 is 5.56. The Kier molecular flexibility index (Phi) is 3.02. The molecule has 0 radical (unpaired) electrons. The highest BCUT2D eigenvalue weighted by molar-refractivity contribution is 5.32. The second-order valence-corrected chi connectivity index (χ2v) is 5.52. The summed E-state index contributed by atoms with van der Waals surface area (Å²) in [4.78, 5) is 6.35. The first kappa shape index (κ1) is 12.5. The number of likely N-dealkylation sites (N-methyl/N-ethyl adjacent to an activating group) is 1. The molecule has 1 aromatic rings. The Hall–Kier alpha value is -1.48. The zero-order valence-electron chi connectivity index (χ0n) is 10.9. The molecule has 5 nitrogen and oxygen atoms in total. The van der Waals surface area contributed by atoms with Crippen molar-refractivity contribution >= 4 is 0 Å². The fraction of sp³-hybridized carbons (Fsp3) is 0.571. The molecule has 5 heteroatoms. The topological polar surface area (TPSA) is 69.4 Å². The monoisotopic (exact) mass is 259 g/mol. The molecule has 19 heavy (non-hydrogen) atoms. The molecule has 2 atom stereocenters. The van der Waals surface area contributed by atoms with Gasteiger partial charge in [-0.3, -0.25) is 9.88 Å². The number of pyridine rings is 1. The van der Waals surface area contributed by atoms with Gasteiger partial charge in [0.05, 0.1) is 24.4 Å². The van der Waals surface area contributed by atoms with Gasteiger partial charge >= 0.3 is 0 Å². The third-order valence-electron chi connectivity index (χ3n) is 4.32. The Balaban J connectivity index is 1.93. The van der Waals surface area contributed by atoms with Gasteiger partial charge < -0.3 is 9.84 Å². The number of morpholine rings is 1. The first-order valence-electron chi connectivity index (χ1n) is 6.50. The molecule has 0 spiro atoms. The molecule has 2 fully saturated rings. The summed E-state index contributed by atoms with van der Waals surface area (Å²) in [6.07, 6.45) is 4.43. The Bertz CT molecular complexity index is 512. The average Bonchev–Trinajstić information content (AvgIpc) is 2.41. The van der Waals surface area contributed by atoms with Crippen LogP contribution in [0.3, 0.4) is 0 Å². The van der Waals surface area contributed by atoms with E-state index in [0.717, 1.165) is 5.56 Å². The largest absolute Gasteiger partial charge is 0.385 e. The highest BCUT2D eigenvalue weighted by atomic mass is 16.5. The zero-order valence-corrected chi connectivity index (χ0v) is 10.9. The fourth-order valence-corrected chi connectivity index (χ4v) is 3.13. The van der Waals surface area contributed by atoms with Gasteiger partial charge in [-0.25, -0.2) is 0 Å². The lowest BCUT2D eigenvalue weighted by molar-refractivity contribution is -0.137. The van der Waals surface area contributed by atoms with E-state index in [1.54, 1.807) is 12.3 Å². The molecule has 0 aliphatic carbocycles. The number of ether oxygens (including phenoxy) is 1. The van der Waals surface area contributed by atoms with Gasteiger partial charge in [-0.05, 0) is 26.0 Å². The van der Waals surface area contributed by atoms with E-state index in [1.165, 1.54) is 6.20 Å². The quantitative estimate of drug-likeness (QED) is 0.801. The molecule has 2 saturated heterocycles. The van der Waals surface area contributed by atoms with Crippen molar-refractivity contribution in [3.8, 4) is 6.07 Å². The number of hydrogen-bond acceptors (Lipinski definition) is 5. The maximum atomic E-state index is 11.0. The number of nitriles is 1. The highest BCUT2D eigenvalue weighted by Crippen LogP contribution is 2.40. The molecule has 2 aliphatic rings. The molecule has 2 unspecified atom stereocenters. The van der Waals surface area contributed by atoms with Gasteiger partial charge in [0.2, 0.25) is 0 Å². The van der Waals surface area contributed by atoms with Crippen LogP contribution in [0.1, 0.15) is 24.0 Å². The molecule has 2 bridgehead atoms.